The van der Waals surface area contributed by atoms with E-state index in [1.54, 1.807) is 30.3 Å². The first-order chi connectivity index (χ1) is 15.4. The van der Waals surface area contributed by atoms with Crippen LogP contribution in [0.2, 0.25) is 0 Å². The van der Waals surface area contributed by atoms with E-state index in [4.69, 9.17) is 9.47 Å². The maximum absolute atomic E-state index is 13.0. The van der Waals surface area contributed by atoms with Gasteiger partial charge in [0, 0.05) is 11.4 Å². The third-order valence-corrected chi connectivity index (χ3v) is 5.04. The Morgan fingerprint density at radius 2 is 1.81 bits per heavy atom. The number of hydrazone groups is 1. The molecular weight excluding hydrogens is 431 g/mol. The minimum absolute atomic E-state index is 0.152. The summed E-state index contributed by atoms with van der Waals surface area (Å²) in [5.41, 5.74) is 5.77. The third kappa shape index (κ3) is 7.05. The van der Waals surface area contributed by atoms with Crippen LogP contribution in [0.25, 0.3) is 0 Å². The minimum Gasteiger partial charge on any atom is -0.493 e. The molecule has 1 N–H and O–H groups in total. The summed E-state index contributed by atoms with van der Waals surface area (Å²) in [4.78, 5) is 20.6. The van der Waals surface area contributed by atoms with Crippen molar-refractivity contribution >= 4 is 23.9 Å². The van der Waals surface area contributed by atoms with Crippen LogP contribution in [0, 0.1) is 19.7 Å². The van der Waals surface area contributed by atoms with Crippen LogP contribution in [0.15, 0.2) is 58.8 Å². The molecule has 1 heterocycles. The lowest BCUT2D eigenvalue weighted by Gasteiger charge is -2.11. The molecule has 0 aliphatic heterocycles. The SMILES string of the molecule is COc1cc(/C=N\NC(=O)CSc2nc(C)cc(C)n2)ccc1OCc1ccc(F)cc1. The van der Waals surface area contributed by atoms with Gasteiger partial charge in [-0.1, -0.05) is 23.9 Å². The zero-order valence-corrected chi connectivity index (χ0v) is 18.8. The molecule has 0 saturated heterocycles. The van der Waals surface area contributed by atoms with Gasteiger partial charge in [-0.15, -0.1) is 0 Å². The van der Waals surface area contributed by atoms with E-state index < -0.39 is 0 Å². The van der Waals surface area contributed by atoms with Crippen LogP contribution in [-0.2, 0) is 11.4 Å². The first kappa shape index (κ1) is 23.2. The Morgan fingerprint density at radius 3 is 2.50 bits per heavy atom. The molecule has 7 nitrogen and oxygen atoms in total. The summed E-state index contributed by atoms with van der Waals surface area (Å²) < 4.78 is 24.2. The van der Waals surface area contributed by atoms with Gasteiger partial charge in [-0.2, -0.15) is 5.10 Å². The Labute approximate surface area is 190 Å². The fraction of sp³-hybridized carbons (Fsp3) is 0.217. The second-order valence-corrected chi connectivity index (χ2v) is 7.78. The molecule has 3 rings (SSSR count). The topological polar surface area (TPSA) is 85.7 Å². The van der Waals surface area contributed by atoms with Gasteiger partial charge < -0.3 is 9.47 Å². The Morgan fingerprint density at radius 1 is 1.09 bits per heavy atom. The number of amides is 1. The first-order valence-corrected chi connectivity index (χ1v) is 10.7. The predicted molar refractivity (Wildman–Crippen MR) is 122 cm³/mol. The van der Waals surface area contributed by atoms with Crippen LogP contribution in [0.3, 0.4) is 0 Å². The molecule has 0 saturated carbocycles. The van der Waals surface area contributed by atoms with Gasteiger partial charge in [0.1, 0.15) is 12.4 Å². The van der Waals surface area contributed by atoms with Crippen molar-refractivity contribution in [2.24, 2.45) is 5.10 Å². The zero-order chi connectivity index (χ0) is 22.9. The van der Waals surface area contributed by atoms with Gasteiger partial charge in [0.15, 0.2) is 16.7 Å². The van der Waals surface area contributed by atoms with Crippen LogP contribution in [-0.4, -0.2) is 35.0 Å². The molecule has 32 heavy (non-hydrogen) atoms. The highest BCUT2D eigenvalue weighted by Gasteiger charge is 2.07. The Hall–Kier alpha value is -3.46. The number of hydrogen-bond acceptors (Lipinski definition) is 7. The lowest BCUT2D eigenvalue weighted by atomic mass is 10.2. The van der Waals surface area contributed by atoms with Gasteiger partial charge in [-0.3, -0.25) is 4.79 Å². The van der Waals surface area contributed by atoms with Crippen molar-refractivity contribution in [3.05, 3.63) is 76.9 Å². The number of aromatic nitrogens is 2. The molecule has 0 radical (unpaired) electrons. The lowest BCUT2D eigenvalue weighted by molar-refractivity contribution is -0.118. The number of carbonyl (C=O) groups is 1. The van der Waals surface area contributed by atoms with Gasteiger partial charge in [0.25, 0.3) is 5.91 Å². The summed E-state index contributed by atoms with van der Waals surface area (Å²) in [5.74, 6) is 0.659. The second kappa shape index (κ2) is 11.2. The molecule has 0 unspecified atom stereocenters. The van der Waals surface area contributed by atoms with E-state index in [9.17, 15) is 9.18 Å². The van der Waals surface area contributed by atoms with Gasteiger partial charge in [-0.05, 0) is 61.4 Å². The first-order valence-electron chi connectivity index (χ1n) is 9.75. The van der Waals surface area contributed by atoms with E-state index >= 15 is 0 Å². The summed E-state index contributed by atoms with van der Waals surface area (Å²) in [6, 6.07) is 13.3. The summed E-state index contributed by atoms with van der Waals surface area (Å²) in [6.07, 6.45) is 1.52. The zero-order valence-electron chi connectivity index (χ0n) is 18.0. The fourth-order valence-corrected chi connectivity index (χ4v) is 3.47. The van der Waals surface area contributed by atoms with Gasteiger partial charge in [-0.25, -0.2) is 19.8 Å². The van der Waals surface area contributed by atoms with Gasteiger partial charge in [0.2, 0.25) is 0 Å². The van der Waals surface area contributed by atoms with Crippen LogP contribution >= 0.6 is 11.8 Å². The average molecular weight is 455 g/mol. The van der Waals surface area contributed by atoms with Crippen molar-refractivity contribution < 1.29 is 18.7 Å². The van der Waals surface area contributed by atoms with E-state index in [1.165, 1.54) is 37.2 Å². The molecular formula is C23H23FN4O3S. The number of rotatable bonds is 9. The number of thioether (sulfide) groups is 1. The van der Waals surface area contributed by atoms with Crippen molar-refractivity contribution in [1.29, 1.82) is 0 Å². The molecule has 9 heteroatoms. The minimum atomic E-state index is -0.292. The molecule has 0 spiro atoms. The molecule has 1 amide bonds. The number of nitrogens with zero attached hydrogens (tertiary/aromatic N) is 3. The number of carbonyl (C=O) groups excluding carboxylic acids is 1. The normalized spacial score (nSPS) is 10.9. The highest BCUT2D eigenvalue weighted by Crippen LogP contribution is 2.28. The summed E-state index contributed by atoms with van der Waals surface area (Å²) in [5, 5.41) is 4.54. The molecule has 2 aromatic carbocycles. The van der Waals surface area contributed by atoms with Crippen molar-refractivity contribution in [1.82, 2.24) is 15.4 Å². The number of methoxy groups -OCH3 is 1. The monoisotopic (exact) mass is 454 g/mol. The number of benzene rings is 2. The number of nitrogens with one attached hydrogen (secondary N) is 1. The van der Waals surface area contributed by atoms with E-state index in [2.05, 4.69) is 20.5 Å². The van der Waals surface area contributed by atoms with Crippen molar-refractivity contribution in [3.8, 4) is 11.5 Å². The van der Waals surface area contributed by atoms with Crippen LogP contribution in [0.4, 0.5) is 4.39 Å². The van der Waals surface area contributed by atoms with E-state index in [1.807, 2.05) is 19.9 Å². The van der Waals surface area contributed by atoms with E-state index in [0.717, 1.165) is 22.5 Å². The average Bonchev–Trinajstić information content (AvgIpc) is 2.77. The molecule has 0 atom stereocenters. The maximum atomic E-state index is 13.0. The van der Waals surface area contributed by atoms with Gasteiger partial charge >= 0.3 is 0 Å². The standard InChI is InChI=1S/C23H23FN4O3S/c1-15-10-16(2)27-23(26-15)32-14-22(29)28-25-12-18-6-9-20(21(11-18)30-3)31-13-17-4-7-19(24)8-5-17/h4-12H,13-14H2,1-3H3,(H,28,29)/b25-12-. The Balaban J connectivity index is 1.52. The lowest BCUT2D eigenvalue weighted by Crippen LogP contribution is -2.19. The molecule has 0 bridgehead atoms. The predicted octanol–water partition coefficient (Wildman–Crippen LogP) is 4.06. The maximum Gasteiger partial charge on any atom is 0.250 e. The third-order valence-electron chi connectivity index (χ3n) is 4.19. The number of hydrogen-bond donors (Lipinski definition) is 1. The Kier molecular flexibility index (Phi) is 8.15. The van der Waals surface area contributed by atoms with Crippen LogP contribution in [0.5, 0.6) is 11.5 Å². The molecule has 166 valence electrons. The van der Waals surface area contributed by atoms with Crippen molar-refractivity contribution in [2.45, 2.75) is 25.6 Å². The number of aryl methyl sites for hydroxylation is 2. The van der Waals surface area contributed by atoms with Crippen LogP contribution < -0.4 is 14.9 Å². The molecule has 1 aromatic heterocycles. The molecule has 0 fully saturated rings. The van der Waals surface area contributed by atoms with Crippen molar-refractivity contribution in [3.63, 3.8) is 0 Å². The number of halogens is 1. The highest BCUT2D eigenvalue weighted by molar-refractivity contribution is 7.99. The van der Waals surface area contributed by atoms with E-state index in [-0.39, 0.29) is 24.1 Å². The highest BCUT2D eigenvalue weighted by atomic mass is 32.2. The smallest absolute Gasteiger partial charge is 0.250 e. The summed E-state index contributed by atoms with van der Waals surface area (Å²) >= 11 is 1.25. The quantitative estimate of drug-likeness (QED) is 0.227. The Bertz CT molecular complexity index is 1090. The van der Waals surface area contributed by atoms with Gasteiger partial charge in [0.05, 0.1) is 19.1 Å². The summed E-state index contributed by atoms with van der Waals surface area (Å²) in [6.45, 7) is 4.05. The largest absolute Gasteiger partial charge is 0.493 e. The number of ether oxygens (including phenoxy) is 2. The molecule has 0 aliphatic rings. The fourth-order valence-electron chi connectivity index (χ4n) is 2.72. The molecule has 3 aromatic rings. The molecule has 0 aliphatic carbocycles. The second-order valence-electron chi connectivity index (χ2n) is 6.84. The van der Waals surface area contributed by atoms with Crippen molar-refractivity contribution in [2.75, 3.05) is 12.9 Å². The van der Waals surface area contributed by atoms with E-state index in [0.29, 0.717) is 16.7 Å². The summed E-state index contributed by atoms with van der Waals surface area (Å²) in [7, 11) is 1.54. The van der Waals surface area contributed by atoms with Crippen LogP contribution in [0.1, 0.15) is 22.5 Å².